The Balaban J connectivity index is 2.58. The number of carboxylic acids is 1. The van der Waals surface area contributed by atoms with Crippen LogP contribution in [-0.4, -0.2) is 40.6 Å². The quantitative estimate of drug-likeness (QED) is 0.813. The fraction of sp³-hybridized carbons (Fsp3) is 0.571. The van der Waals surface area contributed by atoms with Gasteiger partial charge in [-0.3, -0.25) is 4.79 Å². The predicted molar refractivity (Wildman–Crippen MR) is 80.1 cm³/mol. The smallest absolute Gasteiger partial charge is 0.323 e. The lowest BCUT2D eigenvalue weighted by atomic mass is 10.2. The summed E-state index contributed by atoms with van der Waals surface area (Å²) in [5, 5.41) is 13.8. The van der Waals surface area contributed by atoms with E-state index in [4.69, 9.17) is 5.11 Å². The van der Waals surface area contributed by atoms with Crippen molar-refractivity contribution in [2.24, 2.45) is 0 Å². The van der Waals surface area contributed by atoms with Crippen LogP contribution in [0.15, 0.2) is 17.5 Å². The van der Waals surface area contributed by atoms with Crippen LogP contribution in [0.3, 0.4) is 0 Å². The van der Waals surface area contributed by atoms with Crippen molar-refractivity contribution in [2.45, 2.75) is 45.7 Å². The van der Waals surface area contributed by atoms with Gasteiger partial charge in [0.2, 0.25) is 0 Å². The molecule has 2 atom stereocenters. The fourth-order valence-corrected chi connectivity index (χ4v) is 2.70. The van der Waals surface area contributed by atoms with Gasteiger partial charge in [-0.2, -0.15) is 0 Å². The number of carbonyl (C=O) groups is 2. The molecule has 2 N–H and O–H groups in total. The highest BCUT2D eigenvalue weighted by Crippen LogP contribution is 2.11. The molecule has 0 saturated heterocycles. The molecule has 0 bridgehead atoms. The van der Waals surface area contributed by atoms with E-state index in [1.807, 2.05) is 38.3 Å². The maximum Gasteiger partial charge on any atom is 0.323 e. The topological polar surface area (TPSA) is 69.6 Å². The SMILES string of the molecule is CCC(C)N(CC(=O)O)C(=O)NC(C)Cc1cccs1. The standard InChI is InChI=1S/C14H22N2O3S/c1-4-11(3)16(9-13(17)18)14(19)15-10(2)8-12-6-5-7-20-12/h5-7,10-11H,4,8-9H2,1-3H3,(H,15,19)(H,17,18). The van der Waals surface area contributed by atoms with Crippen molar-refractivity contribution in [1.29, 1.82) is 0 Å². The first-order chi connectivity index (χ1) is 9.43. The van der Waals surface area contributed by atoms with Gasteiger partial charge >= 0.3 is 12.0 Å². The molecule has 1 heterocycles. The number of nitrogens with zero attached hydrogens (tertiary/aromatic N) is 1. The van der Waals surface area contributed by atoms with Gasteiger partial charge in [0, 0.05) is 23.4 Å². The number of rotatable bonds is 7. The summed E-state index contributed by atoms with van der Waals surface area (Å²) in [6.07, 6.45) is 1.48. The number of carboxylic acid groups (broad SMARTS) is 1. The summed E-state index contributed by atoms with van der Waals surface area (Å²) in [6, 6.07) is 3.56. The number of amides is 2. The van der Waals surface area contributed by atoms with E-state index in [1.54, 1.807) is 11.3 Å². The van der Waals surface area contributed by atoms with Gasteiger partial charge in [-0.25, -0.2) is 4.79 Å². The second-order valence-electron chi connectivity index (χ2n) is 4.91. The van der Waals surface area contributed by atoms with E-state index in [-0.39, 0.29) is 24.7 Å². The predicted octanol–water partition coefficient (Wildman–Crippen LogP) is 2.57. The van der Waals surface area contributed by atoms with Crippen molar-refractivity contribution >= 4 is 23.3 Å². The molecule has 20 heavy (non-hydrogen) atoms. The zero-order valence-electron chi connectivity index (χ0n) is 12.1. The highest BCUT2D eigenvalue weighted by Gasteiger charge is 2.22. The first kappa shape index (κ1) is 16.5. The van der Waals surface area contributed by atoms with E-state index in [2.05, 4.69) is 5.32 Å². The van der Waals surface area contributed by atoms with Crippen LogP contribution < -0.4 is 5.32 Å². The average molecular weight is 298 g/mol. The van der Waals surface area contributed by atoms with Crippen LogP contribution in [0.2, 0.25) is 0 Å². The number of thiophene rings is 1. The van der Waals surface area contributed by atoms with Crippen molar-refractivity contribution in [3.8, 4) is 0 Å². The van der Waals surface area contributed by atoms with E-state index >= 15 is 0 Å². The van der Waals surface area contributed by atoms with Crippen molar-refractivity contribution in [2.75, 3.05) is 6.54 Å². The third-order valence-electron chi connectivity index (χ3n) is 3.15. The molecule has 112 valence electrons. The molecule has 2 amide bonds. The molecule has 0 aromatic carbocycles. The minimum Gasteiger partial charge on any atom is -0.480 e. The van der Waals surface area contributed by atoms with Crippen LogP contribution in [0.1, 0.15) is 32.1 Å². The molecule has 1 rings (SSSR count). The number of carbonyl (C=O) groups excluding carboxylic acids is 1. The number of nitrogens with one attached hydrogen (secondary N) is 1. The Labute approximate surface area is 123 Å². The van der Waals surface area contributed by atoms with Crippen molar-refractivity contribution in [3.63, 3.8) is 0 Å². The highest BCUT2D eigenvalue weighted by atomic mass is 32.1. The number of hydrogen-bond donors (Lipinski definition) is 2. The van der Waals surface area contributed by atoms with Crippen LogP contribution in [-0.2, 0) is 11.2 Å². The van der Waals surface area contributed by atoms with E-state index in [0.717, 1.165) is 12.8 Å². The highest BCUT2D eigenvalue weighted by molar-refractivity contribution is 7.09. The molecule has 2 unspecified atom stereocenters. The first-order valence-electron chi connectivity index (χ1n) is 6.75. The van der Waals surface area contributed by atoms with Gasteiger partial charge in [0.25, 0.3) is 0 Å². The van der Waals surface area contributed by atoms with Crippen LogP contribution in [0.25, 0.3) is 0 Å². The van der Waals surface area contributed by atoms with E-state index in [9.17, 15) is 9.59 Å². The zero-order chi connectivity index (χ0) is 15.1. The number of aliphatic carboxylic acids is 1. The van der Waals surface area contributed by atoms with Crippen molar-refractivity contribution in [3.05, 3.63) is 22.4 Å². The lowest BCUT2D eigenvalue weighted by Crippen LogP contribution is -2.50. The average Bonchev–Trinajstić information content (AvgIpc) is 2.87. The third-order valence-corrected chi connectivity index (χ3v) is 4.05. The van der Waals surface area contributed by atoms with Crippen LogP contribution in [0, 0.1) is 0 Å². The molecule has 0 fully saturated rings. The van der Waals surface area contributed by atoms with Gasteiger partial charge in [-0.1, -0.05) is 13.0 Å². The summed E-state index contributed by atoms with van der Waals surface area (Å²) < 4.78 is 0. The molecular formula is C14H22N2O3S. The molecule has 0 saturated carbocycles. The van der Waals surface area contributed by atoms with Crippen LogP contribution in [0.4, 0.5) is 4.79 Å². The Hall–Kier alpha value is -1.56. The summed E-state index contributed by atoms with van der Waals surface area (Å²) in [5.74, 6) is -0.994. The summed E-state index contributed by atoms with van der Waals surface area (Å²) in [7, 11) is 0. The largest absolute Gasteiger partial charge is 0.480 e. The maximum atomic E-state index is 12.2. The summed E-state index contributed by atoms with van der Waals surface area (Å²) in [4.78, 5) is 25.6. The number of urea groups is 1. The van der Waals surface area contributed by atoms with Gasteiger partial charge in [0.05, 0.1) is 0 Å². The second-order valence-corrected chi connectivity index (χ2v) is 5.95. The number of hydrogen-bond acceptors (Lipinski definition) is 3. The molecule has 0 radical (unpaired) electrons. The molecule has 0 aliphatic rings. The Morgan fingerprint density at radius 2 is 2.15 bits per heavy atom. The fourth-order valence-electron chi connectivity index (χ4n) is 1.87. The van der Waals surface area contributed by atoms with Crippen molar-refractivity contribution in [1.82, 2.24) is 10.2 Å². The Morgan fingerprint density at radius 3 is 2.65 bits per heavy atom. The van der Waals surface area contributed by atoms with E-state index < -0.39 is 5.97 Å². The van der Waals surface area contributed by atoms with Crippen LogP contribution in [0.5, 0.6) is 0 Å². The maximum absolute atomic E-state index is 12.2. The van der Waals surface area contributed by atoms with Crippen LogP contribution >= 0.6 is 11.3 Å². The summed E-state index contributed by atoms with van der Waals surface area (Å²) >= 11 is 1.65. The van der Waals surface area contributed by atoms with Gasteiger partial charge in [0.15, 0.2) is 0 Å². The third kappa shape index (κ3) is 5.21. The minimum absolute atomic E-state index is 0.0264. The monoisotopic (exact) mass is 298 g/mol. The Bertz CT molecular complexity index is 434. The van der Waals surface area contributed by atoms with Gasteiger partial charge in [-0.05, 0) is 31.7 Å². The molecule has 5 nitrogen and oxygen atoms in total. The summed E-state index contributed by atoms with van der Waals surface area (Å²) in [5.41, 5.74) is 0. The first-order valence-corrected chi connectivity index (χ1v) is 7.63. The van der Waals surface area contributed by atoms with Gasteiger partial charge in [0.1, 0.15) is 6.54 Å². The lowest BCUT2D eigenvalue weighted by Gasteiger charge is -2.28. The van der Waals surface area contributed by atoms with E-state index in [1.165, 1.54) is 9.78 Å². The van der Waals surface area contributed by atoms with E-state index in [0.29, 0.717) is 0 Å². The summed E-state index contributed by atoms with van der Waals surface area (Å²) in [6.45, 7) is 5.44. The molecule has 0 spiro atoms. The lowest BCUT2D eigenvalue weighted by molar-refractivity contribution is -0.138. The van der Waals surface area contributed by atoms with Gasteiger partial charge < -0.3 is 15.3 Å². The molecule has 0 aliphatic heterocycles. The normalized spacial score (nSPS) is 13.6. The molecular weight excluding hydrogens is 276 g/mol. The zero-order valence-corrected chi connectivity index (χ0v) is 12.9. The molecule has 1 aromatic rings. The minimum atomic E-state index is -0.994. The molecule has 0 aliphatic carbocycles. The van der Waals surface area contributed by atoms with Crippen molar-refractivity contribution < 1.29 is 14.7 Å². The molecule has 1 aromatic heterocycles. The Morgan fingerprint density at radius 1 is 1.45 bits per heavy atom. The molecule has 6 heteroatoms. The van der Waals surface area contributed by atoms with Gasteiger partial charge in [-0.15, -0.1) is 11.3 Å². The second kappa shape index (κ2) is 7.89. The Kier molecular flexibility index (Phi) is 6.51.